The predicted molar refractivity (Wildman–Crippen MR) is 102 cm³/mol. The maximum Gasteiger partial charge on any atom is 0.272 e. The van der Waals surface area contributed by atoms with E-state index in [2.05, 4.69) is 5.10 Å². The van der Waals surface area contributed by atoms with Crippen LogP contribution in [0.3, 0.4) is 0 Å². The highest BCUT2D eigenvalue weighted by atomic mass is 16.5. The molecule has 0 unspecified atom stereocenters. The lowest BCUT2D eigenvalue weighted by atomic mass is 10.2. The Bertz CT molecular complexity index is 918. The van der Waals surface area contributed by atoms with Gasteiger partial charge < -0.3 is 14.1 Å². The maximum absolute atomic E-state index is 13.3. The molecule has 2 aromatic heterocycles. The molecule has 1 amide bonds. The zero-order valence-corrected chi connectivity index (χ0v) is 15.8. The number of benzene rings is 1. The van der Waals surface area contributed by atoms with E-state index in [4.69, 9.17) is 9.15 Å². The van der Waals surface area contributed by atoms with Crippen LogP contribution >= 0.6 is 0 Å². The summed E-state index contributed by atoms with van der Waals surface area (Å²) < 4.78 is 12.9. The van der Waals surface area contributed by atoms with Crippen LogP contribution < -0.4 is 0 Å². The van der Waals surface area contributed by atoms with Crippen molar-refractivity contribution in [3.05, 3.63) is 60.0 Å². The van der Waals surface area contributed by atoms with Gasteiger partial charge in [-0.15, -0.1) is 0 Å². The number of ether oxygens (including phenoxy) is 1. The van der Waals surface area contributed by atoms with Crippen LogP contribution in [0.15, 0.2) is 53.1 Å². The first-order valence-corrected chi connectivity index (χ1v) is 9.17. The van der Waals surface area contributed by atoms with Gasteiger partial charge in [0.2, 0.25) is 0 Å². The molecule has 0 spiro atoms. The van der Waals surface area contributed by atoms with Gasteiger partial charge >= 0.3 is 0 Å². The van der Waals surface area contributed by atoms with Crippen LogP contribution in [0.4, 0.5) is 0 Å². The second-order valence-electron chi connectivity index (χ2n) is 7.11. The molecule has 0 N–H and O–H groups in total. The monoisotopic (exact) mass is 365 g/mol. The van der Waals surface area contributed by atoms with Crippen LogP contribution in [-0.2, 0) is 4.74 Å². The van der Waals surface area contributed by atoms with Crippen LogP contribution in [-0.4, -0.2) is 45.9 Å². The minimum absolute atomic E-state index is 0.0120. The standard InChI is InChI=1S/C21H23N3O3/c1-14-6-8-17(9-7-14)24-19(11-18(22-24)20-5-4-10-26-20)21(25)23-12-15(2)27-16(3)13-23/h4-11,15-16H,12-13H2,1-3H3/t15-,16+. The van der Waals surface area contributed by atoms with Gasteiger partial charge in [0.05, 0.1) is 24.2 Å². The molecule has 3 heterocycles. The van der Waals surface area contributed by atoms with Crippen molar-refractivity contribution in [3.8, 4) is 17.1 Å². The summed E-state index contributed by atoms with van der Waals surface area (Å²) in [6.45, 7) is 7.14. The van der Waals surface area contributed by atoms with E-state index in [0.29, 0.717) is 30.2 Å². The number of nitrogens with zero attached hydrogens (tertiary/aromatic N) is 3. The van der Waals surface area contributed by atoms with Crippen molar-refractivity contribution in [1.82, 2.24) is 14.7 Å². The molecule has 0 aliphatic carbocycles. The lowest BCUT2D eigenvalue weighted by Crippen LogP contribution is -2.48. The van der Waals surface area contributed by atoms with E-state index in [-0.39, 0.29) is 18.1 Å². The third-order valence-electron chi connectivity index (χ3n) is 4.69. The Morgan fingerprint density at radius 3 is 2.44 bits per heavy atom. The molecule has 4 rings (SSSR count). The van der Waals surface area contributed by atoms with Gasteiger partial charge in [-0.1, -0.05) is 17.7 Å². The largest absolute Gasteiger partial charge is 0.463 e. The van der Waals surface area contributed by atoms with Gasteiger partial charge in [-0.05, 0) is 45.0 Å². The van der Waals surface area contributed by atoms with Gasteiger partial charge in [-0.2, -0.15) is 5.10 Å². The van der Waals surface area contributed by atoms with E-state index < -0.39 is 0 Å². The Kier molecular flexibility index (Phi) is 4.58. The van der Waals surface area contributed by atoms with Crippen LogP contribution in [0.5, 0.6) is 0 Å². The lowest BCUT2D eigenvalue weighted by Gasteiger charge is -2.35. The number of carbonyl (C=O) groups excluding carboxylic acids is 1. The SMILES string of the molecule is Cc1ccc(-n2nc(-c3ccco3)cc2C(=O)N2C[C@@H](C)O[C@@H](C)C2)cc1. The normalized spacial score (nSPS) is 20.0. The summed E-state index contributed by atoms with van der Waals surface area (Å²) in [5.41, 5.74) is 3.15. The van der Waals surface area contributed by atoms with Crippen molar-refractivity contribution < 1.29 is 13.9 Å². The summed E-state index contributed by atoms with van der Waals surface area (Å²) >= 11 is 0. The van der Waals surface area contributed by atoms with E-state index in [9.17, 15) is 4.79 Å². The third kappa shape index (κ3) is 3.53. The molecule has 1 aromatic carbocycles. The van der Waals surface area contributed by atoms with Crippen molar-refractivity contribution in [3.63, 3.8) is 0 Å². The second-order valence-corrected chi connectivity index (χ2v) is 7.11. The summed E-state index contributed by atoms with van der Waals surface area (Å²) in [6.07, 6.45) is 1.63. The fourth-order valence-electron chi connectivity index (χ4n) is 3.47. The Morgan fingerprint density at radius 2 is 1.81 bits per heavy atom. The molecule has 0 saturated carbocycles. The first-order valence-electron chi connectivity index (χ1n) is 9.17. The van der Waals surface area contributed by atoms with Gasteiger partial charge in [-0.3, -0.25) is 4.79 Å². The number of rotatable bonds is 3. The van der Waals surface area contributed by atoms with Crippen molar-refractivity contribution >= 4 is 5.91 Å². The molecular formula is C21H23N3O3. The maximum atomic E-state index is 13.3. The van der Waals surface area contributed by atoms with E-state index in [1.807, 2.05) is 62.1 Å². The van der Waals surface area contributed by atoms with Crippen molar-refractivity contribution in [2.24, 2.45) is 0 Å². The summed E-state index contributed by atoms with van der Waals surface area (Å²) in [5.74, 6) is 0.585. The second kappa shape index (κ2) is 7.04. The van der Waals surface area contributed by atoms with Crippen LogP contribution in [0.1, 0.15) is 29.9 Å². The highest BCUT2D eigenvalue weighted by molar-refractivity contribution is 5.94. The van der Waals surface area contributed by atoms with Crippen molar-refractivity contribution in [2.45, 2.75) is 33.0 Å². The van der Waals surface area contributed by atoms with Crippen molar-refractivity contribution in [2.75, 3.05) is 13.1 Å². The van der Waals surface area contributed by atoms with Gasteiger partial charge in [0.15, 0.2) is 5.76 Å². The molecule has 3 aromatic rings. The zero-order valence-electron chi connectivity index (χ0n) is 15.8. The quantitative estimate of drug-likeness (QED) is 0.710. The minimum Gasteiger partial charge on any atom is -0.463 e. The zero-order chi connectivity index (χ0) is 19.0. The van der Waals surface area contributed by atoms with E-state index in [0.717, 1.165) is 11.3 Å². The molecule has 1 aliphatic rings. The van der Waals surface area contributed by atoms with Gasteiger partial charge in [0.25, 0.3) is 5.91 Å². The molecule has 6 nitrogen and oxygen atoms in total. The first kappa shape index (κ1) is 17.5. The molecule has 1 saturated heterocycles. The average Bonchev–Trinajstić information content (AvgIpc) is 3.30. The minimum atomic E-state index is -0.0529. The predicted octanol–water partition coefficient (Wildman–Crippen LogP) is 3.69. The Labute approximate surface area is 158 Å². The summed E-state index contributed by atoms with van der Waals surface area (Å²) in [4.78, 5) is 15.2. The number of morpholine rings is 1. The number of hydrogen-bond acceptors (Lipinski definition) is 4. The average molecular weight is 365 g/mol. The Balaban J connectivity index is 1.76. The fourth-order valence-corrected chi connectivity index (χ4v) is 3.47. The molecule has 140 valence electrons. The van der Waals surface area contributed by atoms with Crippen molar-refractivity contribution in [1.29, 1.82) is 0 Å². The highest BCUT2D eigenvalue weighted by Crippen LogP contribution is 2.24. The molecule has 6 heteroatoms. The summed E-state index contributed by atoms with van der Waals surface area (Å²) in [7, 11) is 0. The Hall–Kier alpha value is -2.86. The number of aromatic nitrogens is 2. The lowest BCUT2D eigenvalue weighted by molar-refractivity contribution is -0.0588. The summed E-state index contributed by atoms with van der Waals surface area (Å²) in [5, 5.41) is 4.65. The molecule has 0 bridgehead atoms. The van der Waals surface area contributed by atoms with Gasteiger partial charge in [0, 0.05) is 19.2 Å². The first-order chi connectivity index (χ1) is 13.0. The van der Waals surface area contributed by atoms with Gasteiger partial charge in [-0.25, -0.2) is 4.68 Å². The van der Waals surface area contributed by atoms with Crippen LogP contribution in [0, 0.1) is 6.92 Å². The van der Waals surface area contributed by atoms with Gasteiger partial charge in [0.1, 0.15) is 11.4 Å². The Morgan fingerprint density at radius 1 is 1.11 bits per heavy atom. The number of furan rings is 1. The fraction of sp³-hybridized carbons (Fsp3) is 0.333. The smallest absolute Gasteiger partial charge is 0.272 e. The van der Waals surface area contributed by atoms with E-state index in [1.54, 1.807) is 17.0 Å². The molecule has 27 heavy (non-hydrogen) atoms. The molecule has 1 fully saturated rings. The topological polar surface area (TPSA) is 60.5 Å². The molecular weight excluding hydrogens is 342 g/mol. The number of hydrogen-bond donors (Lipinski definition) is 0. The molecule has 2 atom stereocenters. The molecule has 1 aliphatic heterocycles. The van der Waals surface area contributed by atoms with Crippen LogP contribution in [0.2, 0.25) is 0 Å². The third-order valence-corrected chi connectivity index (χ3v) is 4.69. The van der Waals surface area contributed by atoms with E-state index >= 15 is 0 Å². The number of amides is 1. The highest BCUT2D eigenvalue weighted by Gasteiger charge is 2.29. The van der Waals surface area contributed by atoms with Crippen LogP contribution in [0.25, 0.3) is 17.1 Å². The van der Waals surface area contributed by atoms with E-state index in [1.165, 1.54) is 0 Å². The molecule has 0 radical (unpaired) electrons. The summed E-state index contributed by atoms with van der Waals surface area (Å²) in [6, 6.07) is 13.4. The number of aryl methyl sites for hydroxylation is 1. The number of carbonyl (C=O) groups is 1.